The van der Waals surface area contributed by atoms with E-state index < -0.39 is 5.97 Å². The molecular formula is C17H19NO5. The largest absolute Gasteiger partial charge is 0.477 e. The van der Waals surface area contributed by atoms with Crippen LogP contribution in [0.1, 0.15) is 29.8 Å². The van der Waals surface area contributed by atoms with Crippen LogP contribution in [-0.2, 0) is 11.3 Å². The number of hydrogen-bond acceptors (Lipinski definition) is 6. The summed E-state index contributed by atoms with van der Waals surface area (Å²) < 4.78 is 16.0. The van der Waals surface area contributed by atoms with Crippen LogP contribution >= 0.6 is 0 Å². The van der Waals surface area contributed by atoms with Gasteiger partial charge in [-0.15, -0.1) is 0 Å². The molecule has 0 aliphatic carbocycles. The van der Waals surface area contributed by atoms with Crippen molar-refractivity contribution in [3.8, 4) is 17.5 Å². The summed E-state index contributed by atoms with van der Waals surface area (Å²) in [6, 6.07) is 10.1. The molecule has 122 valence electrons. The Bertz CT molecular complexity index is 672. The minimum atomic E-state index is -0.489. The zero-order chi connectivity index (χ0) is 16.7. The number of carbonyl (C=O) groups is 1. The third kappa shape index (κ3) is 4.43. The minimum Gasteiger partial charge on any atom is -0.477 e. The normalized spacial score (nSPS) is 10.2. The first-order chi connectivity index (χ1) is 11.2. The number of esters is 1. The Morgan fingerprint density at radius 3 is 2.70 bits per heavy atom. The number of aliphatic hydroxyl groups excluding tert-OH is 1. The Kier molecular flexibility index (Phi) is 5.94. The van der Waals surface area contributed by atoms with Gasteiger partial charge in [-0.2, -0.15) is 4.98 Å². The predicted molar refractivity (Wildman–Crippen MR) is 83.8 cm³/mol. The first-order valence-electron chi connectivity index (χ1n) is 7.36. The van der Waals surface area contributed by atoms with Crippen molar-refractivity contribution in [2.75, 3.05) is 13.2 Å². The number of hydrogen-bond donors (Lipinski definition) is 1. The van der Waals surface area contributed by atoms with Crippen LogP contribution in [-0.4, -0.2) is 29.3 Å². The van der Waals surface area contributed by atoms with Gasteiger partial charge in [0.2, 0.25) is 11.8 Å². The van der Waals surface area contributed by atoms with Crippen LogP contribution in [0.2, 0.25) is 0 Å². The molecule has 2 rings (SSSR count). The molecule has 0 fully saturated rings. The molecule has 0 saturated heterocycles. The Hall–Kier alpha value is -2.60. The van der Waals surface area contributed by atoms with Crippen LogP contribution in [0.25, 0.3) is 0 Å². The molecule has 0 bridgehead atoms. The van der Waals surface area contributed by atoms with Gasteiger partial charge in [-0.3, -0.25) is 0 Å². The highest BCUT2D eigenvalue weighted by molar-refractivity contribution is 5.91. The van der Waals surface area contributed by atoms with E-state index in [-0.39, 0.29) is 30.5 Å². The van der Waals surface area contributed by atoms with Gasteiger partial charge in [0.05, 0.1) is 19.8 Å². The molecule has 6 heteroatoms. The summed E-state index contributed by atoms with van der Waals surface area (Å²) in [4.78, 5) is 16.1. The second-order valence-electron chi connectivity index (χ2n) is 4.56. The summed E-state index contributed by atoms with van der Waals surface area (Å²) in [5.74, 6) is 0.506. The maximum Gasteiger partial charge on any atom is 0.343 e. The lowest BCUT2D eigenvalue weighted by Gasteiger charge is -2.11. The maximum atomic E-state index is 11.9. The van der Waals surface area contributed by atoms with Gasteiger partial charge in [-0.05, 0) is 37.6 Å². The monoisotopic (exact) mass is 317 g/mol. The Morgan fingerprint density at radius 1 is 1.17 bits per heavy atom. The van der Waals surface area contributed by atoms with Crippen LogP contribution in [0.4, 0.5) is 0 Å². The van der Waals surface area contributed by atoms with Crippen LogP contribution < -0.4 is 9.47 Å². The van der Waals surface area contributed by atoms with E-state index in [1.807, 2.05) is 0 Å². The molecule has 1 N–H and O–H groups in total. The lowest BCUT2D eigenvalue weighted by atomic mass is 10.2. The molecular weight excluding hydrogens is 298 g/mol. The van der Waals surface area contributed by atoms with Gasteiger partial charge < -0.3 is 19.3 Å². The fourth-order valence-electron chi connectivity index (χ4n) is 1.92. The highest BCUT2D eigenvalue weighted by atomic mass is 16.5. The number of aliphatic hydroxyl groups is 1. The smallest absolute Gasteiger partial charge is 0.343 e. The second kappa shape index (κ2) is 8.14. The number of pyridine rings is 1. The zero-order valence-corrected chi connectivity index (χ0v) is 13.1. The molecule has 6 nitrogen and oxygen atoms in total. The number of aromatic nitrogens is 1. The standard InChI is InChI=1S/C17H19NO5/c1-3-21-16-14(17(20)22-4-2)8-9-15(18-16)23-13-7-5-6-12(10-13)11-19/h5-10,19H,3-4,11H2,1-2H3. The van der Waals surface area contributed by atoms with Crippen molar-refractivity contribution in [1.82, 2.24) is 4.98 Å². The lowest BCUT2D eigenvalue weighted by molar-refractivity contribution is 0.0521. The van der Waals surface area contributed by atoms with Crippen molar-refractivity contribution in [2.45, 2.75) is 20.5 Å². The van der Waals surface area contributed by atoms with Gasteiger partial charge in [0.1, 0.15) is 11.3 Å². The topological polar surface area (TPSA) is 77.9 Å². The summed E-state index contributed by atoms with van der Waals surface area (Å²) in [5.41, 5.74) is 0.987. The summed E-state index contributed by atoms with van der Waals surface area (Å²) in [5, 5.41) is 9.15. The molecule has 0 radical (unpaired) electrons. The van der Waals surface area contributed by atoms with Crippen LogP contribution in [0.3, 0.4) is 0 Å². The molecule has 0 atom stereocenters. The summed E-state index contributed by atoms with van der Waals surface area (Å²) in [6.07, 6.45) is 0. The summed E-state index contributed by atoms with van der Waals surface area (Å²) in [7, 11) is 0. The van der Waals surface area contributed by atoms with Crippen molar-refractivity contribution in [3.05, 3.63) is 47.5 Å². The Balaban J connectivity index is 2.25. The van der Waals surface area contributed by atoms with Crippen molar-refractivity contribution in [3.63, 3.8) is 0 Å². The third-order valence-corrected chi connectivity index (χ3v) is 2.91. The van der Waals surface area contributed by atoms with Gasteiger partial charge in [0.15, 0.2) is 0 Å². The van der Waals surface area contributed by atoms with Crippen LogP contribution in [0.5, 0.6) is 17.5 Å². The summed E-state index contributed by atoms with van der Waals surface area (Å²) in [6.45, 7) is 4.10. The van der Waals surface area contributed by atoms with E-state index in [9.17, 15) is 4.79 Å². The minimum absolute atomic E-state index is 0.0728. The fourth-order valence-corrected chi connectivity index (χ4v) is 1.92. The SMILES string of the molecule is CCOC(=O)c1ccc(Oc2cccc(CO)c2)nc1OCC. The van der Waals surface area contributed by atoms with E-state index in [0.29, 0.717) is 12.4 Å². The summed E-state index contributed by atoms with van der Waals surface area (Å²) >= 11 is 0. The molecule has 0 amide bonds. The van der Waals surface area contributed by atoms with Gasteiger partial charge in [-0.1, -0.05) is 12.1 Å². The Labute approximate surface area is 134 Å². The molecule has 0 aliphatic rings. The lowest BCUT2D eigenvalue weighted by Crippen LogP contribution is -2.09. The van der Waals surface area contributed by atoms with E-state index in [2.05, 4.69) is 4.98 Å². The van der Waals surface area contributed by atoms with E-state index >= 15 is 0 Å². The molecule has 2 aromatic rings. The van der Waals surface area contributed by atoms with E-state index in [1.165, 1.54) is 0 Å². The zero-order valence-electron chi connectivity index (χ0n) is 13.1. The number of ether oxygens (including phenoxy) is 3. The first kappa shape index (κ1) is 16.8. The van der Waals surface area contributed by atoms with Gasteiger partial charge in [0, 0.05) is 6.07 Å². The van der Waals surface area contributed by atoms with E-state index in [4.69, 9.17) is 19.3 Å². The van der Waals surface area contributed by atoms with E-state index in [1.54, 1.807) is 50.2 Å². The number of nitrogens with zero attached hydrogens (tertiary/aromatic N) is 1. The fraction of sp³-hybridized carbons (Fsp3) is 0.294. The number of benzene rings is 1. The quantitative estimate of drug-likeness (QED) is 0.791. The van der Waals surface area contributed by atoms with E-state index in [0.717, 1.165) is 5.56 Å². The molecule has 0 spiro atoms. The molecule has 23 heavy (non-hydrogen) atoms. The Morgan fingerprint density at radius 2 is 2.00 bits per heavy atom. The molecule has 0 unspecified atom stereocenters. The van der Waals surface area contributed by atoms with Gasteiger partial charge in [-0.25, -0.2) is 4.79 Å². The second-order valence-corrected chi connectivity index (χ2v) is 4.56. The average Bonchev–Trinajstić information content (AvgIpc) is 2.56. The average molecular weight is 317 g/mol. The maximum absolute atomic E-state index is 11.9. The van der Waals surface area contributed by atoms with Crippen molar-refractivity contribution in [2.24, 2.45) is 0 Å². The highest BCUT2D eigenvalue weighted by Gasteiger charge is 2.16. The highest BCUT2D eigenvalue weighted by Crippen LogP contribution is 2.25. The van der Waals surface area contributed by atoms with Gasteiger partial charge >= 0.3 is 5.97 Å². The number of rotatable bonds is 7. The first-order valence-corrected chi connectivity index (χ1v) is 7.36. The molecule has 0 saturated carbocycles. The van der Waals surface area contributed by atoms with Crippen molar-refractivity contribution in [1.29, 1.82) is 0 Å². The van der Waals surface area contributed by atoms with Crippen LogP contribution in [0.15, 0.2) is 36.4 Å². The van der Waals surface area contributed by atoms with Gasteiger partial charge in [0.25, 0.3) is 0 Å². The third-order valence-electron chi connectivity index (χ3n) is 2.91. The predicted octanol–water partition coefficient (Wildman–Crippen LogP) is 2.94. The number of carbonyl (C=O) groups excluding carboxylic acids is 1. The van der Waals surface area contributed by atoms with Crippen LogP contribution in [0, 0.1) is 0 Å². The molecule has 1 aromatic carbocycles. The van der Waals surface area contributed by atoms with Crippen molar-refractivity contribution >= 4 is 5.97 Å². The van der Waals surface area contributed by atoms with Crippen molar-refractivity contribution < 1.29 is 24.1 Å². The molecule has 1 aromatic heterocycles. The molecule has 1 heterocycles. The molecule has 0 aliphatic heterocycles.